The Morgan fingerprint density at radius 3 is 2.47 bits per heavy atom. The van der Waals surface area contributed by atoms with Gasteiger partial charge in [0.1, 0.15) is 11.5 Å². The van der Waals surface area contributed by atoms with Crippen LogP contribution in [0.1, 0.15) is 77.9 Å². The van der Waals surface area contributed by atoms with Gasteiger partial charge < -0.3 is 10.2 Å². The molecule has 2 aromatic rings. The van der Waals surface area contributed by atoms with E-state index in [4.69, 9.17) is 0 Å². The van der Waals surface area contributed by atoms with Gasteiger partial charge in [-0.3, -0.25) is 14.3 Å². The molecule has 1 aromatic carbocycles. The van der Waals surface area contributed by atoms with Crippen molar-refractivity contribution in [3.8, 4) is 0 Å². The molecule has 0 bridgehead atoms. The Morgan fingerprint density at radius 2 is 1.73 bits per heavy atom. The summed E-state index contributed by atoms with van der Waals surface area (Å²) in [5.74, 6) is -0.632. The highest BCUT2D eigenvalue weighted by atomic mass is 19.1. The van der Waals surface area contributed by atoms with E-state index in [-0.39, 0.29) is 23.7 Å². The van der Waals surface area contributed by atoms with Gasteiger partial charge in [0.05, 0.1) is 0 Å². The van der Waals surface area contributed by atoms with Gasteiger partial charge in [0.25, 0.3) is 11.8 Å². The average molecular weight is 413 g/mol. The number of aryl methyl sites for hydroxylation is 1. The van der Waals surface area contributed by atoms with Crippen LogP contribution in [0.4, 0.5) is 4.39 Å². The molecule has 1 N–H and O–H groups in total. The first-order chi connectivity index (χ1) is 14.6. The molecule has 0 atom stereocenters. The maximum absolute atomic E-state index is 13.2. The van der Waals surface area contributed by atoms with Crippen molar-refractivity contribution in [1.29, 1.82) is 0 Å². The van der Waals surface area contributed by atoms with Crippen LogP contribution >= 0.6 is 0 Å². The number of rotatable bonds is 4. The summed E-state index contributed by atoms with van der Waals surface area (Å²) in [5.41, 5.74) is 1.63. The third kappa shape index (κ3) is 4.89. The van der Waals surface area contributed by atoms with Gasteiger partial charge in [-0.1, -0.05) is 44.2 Å². The zero-order valence-corrected chi connectivity index (χ0v) is 17.3. The SMILES string of the molecule is O=C(NC1CCCCCCC1)c1cc2n(n1)CCCN(Cc1ccc(F)cc1)C2=O. The molecule has 2 heterocycles. The number of hydrogen-bond acceptors (Lipinski definition) is 3. The van der Waals surface area contributed by atoms with Crippen LogP contribution < -0.4 is 5.32 Å². The Kier molecular flexibility index (Phi) is 6.45. The van der Waals surface area contributed by atoms with Crippen LogP contribution in [-0.2, 0) is 13.1 Å². The highest BCUT2D eigenvalue weighted by Gasteiger charge is 2.27. The molecule has 30 heavy (non-hydrogen) atoms. The largest absolute Gasteiger partial charge is 0.348 e. The van der Waals surface area contributed by atoms with Gasteiger partial charge in [-0.2, -0.15) is 5.10 Å². The minimum Gasteiger partial charge on any atom is -0.348 e. The van der Waals surface area contributed by atoms with Gasteiger partial charge in [0.2, 0.25) is 0 Å². The van der Waals surface area contributed by atoms with Gasteiger partial charge in [0.15, 0.2) is 5.69 Å². The molecule has 2 amide bonds. The molecule has 1 aliphatic heterocycles. The summed E-state index contributed by atoms with van der Waals surface area (Å²) in [6.07, 6.45) is 8.78. The summed E-state index contributed by atoms with van der Waals surface area (Å²) in [4.78, 5) is 27.6. The third-order valence-corrected chi connectivity index (χ3v) is 6.04. The van der Waals surface area contributed by atoms with E-state index in [0.29, 0.717) is 31.0 Å². The van der Waals surface area contributed by atoms with Crippen molar-refractivity contribution in [1.82, 2.24) is 20.0 Å². The van der Waals surface area contributed by atoms with E-state index < -0.39 is 0 Å². The van der Waals surface area contributed by atoms with E-state index in [1.165, 1.54) is 31.4 Å². The van der Waals surface area contributed by atoms with Crippen molar-refractivity contribution < 1.29 is 14.0 Å². The van der Waals surface area contributed by atoms with Gasteiger partial charge in [-0.15, -0.1) is 0 Å². The monoisotopic (exact) mass is 412 g/mol. The number of nitrogens with zero attached hydrogens (tertiary/aromatic N) is 3. The molecule has 0 spiro atoms. The molecule has 0 saturated heterocycles. The number of halogens is 1. The fourth-order valence-corrected chi connectivity index (χ4v) is 4.37. The second kappa shape index (κ2) is 9.41. The number of fused-ring (bicyclic) bond motifs is 1. The number of aromatic nitrogens is 2. The van der Waals surface area contributed by atoms with E-state index in [1.54, 1.807) is 27.8 Å². The maximum Gasteiger partial charge on any atom is 0.272 e. The van der Waals surface area contributed by atoms with Crippen molar-refractivity contribution in [2.24, 2.45) is 0 Å². The number of amides is 2. The summed E-state index contributed by atoms with van der Waals surface area (Å²) in [7, 11) is 0. The minimum absolute atomic E-state index is 0.144. The second-order valence-electron chi connectivity index (χ2n) is 8.36. The first kappa shape index (κ1) is 20.6. The summed E-state index contributed by atoms with van der Waals surface area (Å²) in [6.45, 7) is 1.61. The Labute approximate surface area is 176 Å². The molecule has 2 aliphatic rings. The quantitative estimate of drug-likeness (QED) is 0.828. The van der Waals surface area contributed by atoms with Crippen LogP contribution in [0.5, 0.6) is 0 Å². The Hall–Kier alpha value is -2.70. The van der Waals surface area contributed by atoms with Gasteiger partial charge in [-0.05, 0) is 37.0 Å². The van der Waals surface area contributed by atoms with Crippen LogP contribution in [0.25, 0.3) is 0 Å². The summed E-state index contributed by atoms with van der Waals surface area (Å²) in [5, 5.41) is 7.55. The molecular weight excluding hydrogens is 383 g/mol. The highest BCUT2D eigenvalue weighted by molar-refractivity contribution is 5.98. The molecule has 1 aliphatic carbocycles. The number of nitrogens with one attached hydrogen (secondary N) is 1. The van der Waals surface area contributed by atoms with Crippen molar-refractivity contribution in [3.05, 3.63) is 53.1 Å². The normalized spacial score (nSPS) is 18.3. The fourth-order valence-electron chi connectivity index (χ4n) is 4.37. The lowest BCUT2D eigenvalue weighted by molar-refractivity contribution is 0.0745. The molecule has 7 heteroatoms. The molecule has 1 saturated carbocycles. The van der Waals surface area contributed by atoms with Crippen molar-refractivity contribution in [2.75, 3.05) is 6.54 Å². The lowest BCUT2D eigenvalue weighted by Crippen LogP contribution is -2.35. The van der Waals surface area contributed by atoms with Crippen LogP contribution in [0.15, 0.2) is 30.3 Å². The zero-order valence-electron chi connectivity index (χ0n) is 17.3. The molecule has 1 aromatic heterocycles. The Morgan fingerprint density at radius 1 is 1.03 bits per heavy atom. The predicted octanol–water partition coefficient (Wildman–Crippen LogP) is 3.91. The van der Waals surface area contributed by atoms with E-state index >= 15 is 0 Å². The average Bonchev–Trinajstić information content (AvgIpc) is 3.09. The van der Waals surface area contributed by atoms with Crippen LogP contribution in [0.2, 0.25) is 0 Å². The van der Waals surface area contributed by atoms with Crippen molar-refractivity contribution in [2.45, 2.75) is 70.5 Å². The van der Waals surface area contributed by atoms with Gasteiger partial charge in [0, 0.05) is 31.7 Å². The summed E-state index contributed by atoms with van der Waals surface area (Å²) >= 11 is 0. The molecule has 0 unspecified atom stereocenters. The van der Waals surface area contributed by atoms with Crippen LogP contribution in [0.3, 0.4) is 0 Å². The standard InChI is InChI=1S/C23H29FN4O2/c24-18-11-9-17(10-12-18)16-27-13-6-14-28-21(23(27)30)15-20(26-28)22(29)25-19-7-4-2-1-3-5-8-19/h9-12,15,19H,1-8,13-14,16H2,(H,25,29). The van der Waals surface area contributed by atoms with Gasteiger partial charge >= 0.3 is 0 Å². The van der Waals surface area contributed by atoms with Crippen LogP contribution in [0, 0.1) is 5.82 Å². The first-order valence-corrected chi connectivity index (χ1v) is 11.0. The Bertz CT molecular complexity index is 885. The van der Waals surface area contributed by atoms with E-state index in [1.807, 2.05) is 0 Å². The molecular formula is C23H29FN4O2. The molecule has 6 nitrogen and oxygen atoms in total. The minimum atomic E-state index is -0.293. The lowest BCUT2D eigenvalue weighted by Gasteiger charge is -2.20. The molecule has 0 radical (unpaired) electrons. The lowest BCUT2D eigenvalue weighted by atomic mass is 9.96. The number of benzene rings is 1. The van der Waals surface area contributed by atoms with Crippen molar-refractivity contribution >= 4 is 11.8 Å². The van der Waals surface area contributed by atoms with E-state index in [2.05, 4.69) is 10.4 Å². The van der Waals surface area contributed by atoms with E-state index in [0.717, 1.165) is 37.7 Å². The second-order valence-corrected chi connectivity index (χ2v) is 8.36. The van der Waals surface area contributed by atoms with E-state index in [9.17, 15) is 14.0 Å². The van der Waals surface area contributed by atoms with Gasteiger partial charge in [-0.25, -0.2) is 4.39 Å². The Balaban J connectivity index is 1.45. The van der Waals surface area contributed by atoms with Crippen LogP contribution in [-0.4, -0.2) is 39.1 Å². The molecule has 160 valence electrons. The number of hydrogen-bond donors (Lipinski definition) is 1. The highest BCUT2D eigenvalue weighted by Crippen LogP contribution is 2.19. The predicted molar refractivity (Wildman–Crippen MR) is 112 cm³/mol. The van der Waals surface area contributed by atoms with Crippen molar-refractivity contribution in [3.63, 3.8) is 0 Å². The number of carbonyl (C=O) groups excluding carboxylic acids is 2. The molecule has 1 fully saturated rings. The fraction of sp³-hybridized carbons (Fsp3) is 0.522. The zero-order chi connectivity index (χ0) is 20.9. The molecule has 4 rings (SSSR count). The number of carbonyl (C=O) groups is 2. The summed E-state index contributed by atoms with van der Waals surface area (Å²) in [6, 6.07) is 7.99. The smallest absolute Gasteiger partial charge is 0.272 e. The summed E-state index contributed by atoms with van der Waals surface area (Å²) < 4.78 is 14.8. The first-order valence-electron chi connectivity index (χ1n) is 11.0. The third-order valence-electron chi connectivity index (χ3n) is 6.04. The maximum atomic E-state index is 13.2. The topological polar surface area (TPSA) is 67.2 Å².